The molecule has 4 aromatic rings. The lowest BCUT2D eigenvalue weighted by atomic mass is 9.96. The number of ketones is 1. The summed E-state index contributed by atoms with van der Waals surface area (Å²) in [5, 5.41) is 0. The standard InChI is InChI=1S/C29H30F4N4O2S/c1-18-16-36-26(19(2)34-27(36)40-18)25(38)12-6-20-5-11-24(23(30)15-20)35-13-14-37(28(3,4)17-35)21-7-9-22(10-8-21)39-29(31,32)33/h5,7-11,15-16H,6,12-14,17H2,1-4H3. The van der Waals surface area contributed by atoms with Crippen LogP contribution in [-0.4, -0.2) is 46.7 Å². The molecule has 0 amide bonds. The summed E-state index contributed by atoms with van der Waals surface area (Å²) in [5.41, 5.74) is 2.86. The lowest BCUT2D eigenvalue weighted by molar-refractivity contribution is -0.274. The summed E-state index contributed by atoms with van der Waals surface area (Å²) >= 11 is 1.54. The molecule has 6 nitrogen and oxygen atoms in total. The first-order valence-corrected chi connectivity index (χ1v) is 13.8. The van der Waals surface area contributed by atoms with Gasteiger partial charge in [0.1, 0.15) is 17.3 Å². The zero-order valence-corrected chi connectivity index (χ0v) is 23.5. The van der Waals surface area contributed by atoms with Crippen molar-refractivity contribution >= 4 is 33.5 Å². The van der Waals surface area contributed by atoms with Crippen LogP contribution in [0.2, 0.25) is 0 Å². The number of Topliss-reactive ketones (excluding diaryl/α,β-unsaturated/α-hetero) is 1. The highest BCUT2D eigenvalue weighted by atomic mass is 32.1. The summed E-state index contributed by atoms with van der Waals surface area (Å²) in [6.07, 6.45) is -2.16. The van der Waals surface area contributed by atoms with E-state index in [0.717, 1.165) is 21.1 Å². The van der Waals surface area contributed by atoms with Crippen LogP contribution >= 0.6 is 11.3 Å². The van der Waals surface area contributed by atoms with Gasteiger partial charge in [0.25, 0.3) is 0 Å². The number of ether oxygens (including phenoxy) is 1. The molecule has 0 aliphatic carbocycles. The molecule has 1 aliphatic heterocycles. The van der Waals surface area contributed by atoms with Gasteiger partial charge in [0.05, 0.1) is 16.9 Å². The van der Waals surface area contributed by atoms with Crippen molar-refractivity contribution in [1.29, 1.82) is 0 Å². The molecule has 5 rings (SSSR count). The van der Waals surface area contributed by atoms with Gasteiger partial charge in [0.15, 0.2) is 10.7 Å². The number of anilines is 2. The van der Waals surface area contributed by atoms with E-state index in [2.05, 4.69) is 14.6 Å². The Kier molecular flexibility index (Phi) is 7.28. The number of aromatic nitrogens is 2. The van der Waals surface area contributed by atoms with Crippen LogP contribution in [0.15, 0.2) is 48.7 Å². The Morgan fingerprint density at radius 2 is 1.82 bits per heavy atom. The summed E-state index contributed by atoms with van der Waals surface area (Å²) in [6.45, 7) is 9.44. The molecule has 212 valence electrons. The topological polar surface area (TPSA) is 50.1 Å². The predicted octanol–water partition coefficient (Wildman–Crippen LogP) is 6.97. The normalized spacial score (nSPS) is 15.6. The molecule has 2 aromatic heterocycles. The molecule has 1 aliphatic rings. The molecule has 3 heterocycles. The number of aryl methyl sites for hydroxylation is 3. The molecular formula is C29H30F4N4O2S. The van der Waals surface area contributed by atoms with Crippen molar-refractivity contribution in [2.24, 2.45) is 0 Å². The number of hydrogen-bond donors (Lipinski definition) is 0. The first-order chi connectivity index (χ1) is 18.8. The number of benzene rings is 2. The third-order valence-corrected chi connectivity index (χ3v) is 8.06. The van der Waals surface area contributed by atoms with Gasteiger partial charge in [0, 0.05) is 42.8 Å². The fourth-order valence-corrected chi connectivity index (χ4v) is 6.28. The number of alkyl halides is 3. The molecule has 0 saturated carbocycles. The van der Waals surface area contributed by atoms with Gasteiger partial charge >= 0.3 is 6.36 Å². The number of hydrogen-bond acceptors (Lipinski definition) is 6. The molecule has 1 fully saturated rings. The highest BCUT2D eigenvalue weighted by Gasteiger charge is 2.35. The van der Waals surface area contributed by atoms with Gasteiger partial charge in [0.2, 0.25) is 0 Å². The quantitative estimate of drug-likeness (QED) is 0.176. The van der Waals surface area contributed by atoms with Crippen LogP contribution in [0.25, 0.3) is 4.96 Å². The number of nitrogens with zero attached hydrogens (tertiary/aromatic N) is 4. The van der Waals surface area contributed by atoms with Crippen molar-refractivity contribution in [2.45, 2.75) is 52.4 Å². The van der Waals surface area contributed by atoms with Gasteiger partial charge < -0.3 is 14.5 Å². The van der Waals surface area contributed by atoms with E-state index in [1.54, 1.807) is 18.2 Å². The van der Waals surface area contributed by atoms with Gasteiger partial charge in [-0.05, 0) is 76.1 Å². The van der Waals surface area contributed by atoms with Gasteiger partial charge in [-0.1, -0.05) is 6.07 Å². The van der Waals surface area contributed by atoms with E-state index in [1.807, 2.05) is 49.3 Å². The van der Waals surface area contributed by atoms with Crippen LogP contribution in [0.3, 0.4) is 0 Å². The van der Waals surface area contributed by atoms with Crippen LogP contribution in [0.4, 0.5) is 28.9 Å². The Hall–Kier alpha value is -3.60. The number of fused-ring (bicyclic) bond motifs is 1. The van der Waals surface area contributed by atoms with E-state index < -0.39 is 11.9 Å². The van der Waals surface area contributed by atoms with Crippen molar-refractivity contribution < 1.29 is 27.1 Å². The summed E-state index contributed by atoms with van der Waals surface area (Å²) in [6, 6.07) is 10.9. The van der Waals surface area contributed by atoms with Crippen LogP contribution in [0.1, 0.15) is 46.9 Å². The second-order valence-electron chi connectivity index (χ2n) is 10.7. The van der Waals surface area contributed by atoms with Gasteiger partial charge in [-0.2, -0.15) is 0 Å². The van der Waals surface area contributed by atoms with E-state index in [4.69, 9.17) is 0 Å². The summed E-state index contributed by atoms with van der Waals surface area (Å²) in [4.78, 5) is 23.4. The molecule has 11 heteroatoms. The molecule has 0 unspecified atom stereocenters. The Morgan fingerprint density at radius 3 is 2.48 bits per heavy atom. The first-order valence-electron chi connectivity index (χ1n) is 13.0. The zero-order chi connectivity index (χ0) is 28.8. The van der Waals surface area contributed by atoms with Crippen LogP contribution in [0, 0.1) is 19.7 Å². The number of rotatable bonds is 7. The van der Waals surface area contributed by atoms with Crippen molar-refractivity contribution in [2.75, 3.05) is 29.4 Å². The van der Waals surface area contributed by atoms with E-state index >= 15 is 4.39 Å². The highest BCUT2D eigenvalue weighted by Crippen LogP contribution is 2.33. The molecular weight excluding hydrogens is 544 g/mol. The number of imidazole rings is 1. The fourth-order valence-electron chi connectivity index (χ4n) is 5.41. The number of carbonyl (C=O) groups excluding carboxylic acids is 1. The number of thiazole rings is 1. The number of piperazine rings is 1. The third kappa shape index (κ3) is 5.79. The van der Waals surface area contributed by atoms with Crippen molar-refractivity contribution in [3.63, 3.8) is 0 Å². The smallest absolute Gasteiger partial charge is 0.406 e. The summed E-state index contributed by atoms with van der Waals surface area (Å²) in [5.74, 6) is -0.644. The lowest BCUT2D eigenvalue weighted by Crippen LogP contribution is -2.60. The molecule has 40 heavy (non-hydrogen) atoms. The van der Waals surface area contributed by atoms with Gasteiger partial charge in [-0.25, -0.2) is 9.37 Å². The summed E-state index contributed by atoms with van der Waals surface area (Å²) < 4.78 is 58.6. The van der Waals surface area contributed by atoms with E-state index in [9.17, 15) is 18.0 Å². The van der Waals surface area contributed by atoms with Gasteiger partial charge in [-0.3, -0.25) is 9.20 Å². The maximum Gasteiger partial charge on any atom is 0.573 e. The molecule has 0 bridgehead atoms. The molecule has 0 spiro atoms. The molecule has 0 atom stereocenters. The average Bonchev–Trinajstić information content (AvgIpc) is 3.35. The Labute approximate surface area is 233 Å². The van der Waals surface area contributed by atoms with E-state index in [0.29, 0.717) is 43.1 Å². The van der Waals surface area contributed by atoms with E-state index in [-0.39, 0.29) is 23.8 Å². The second-order valence-corrected chi connectivity index (χ2v) is 11.9. The van der Waals surface area contributed by atoms with Crippen molar-refractivity contribution in [3.8, 4) is 5.75 Å². The van der Waals surface area contributed by atoms with Crippen LogP contribution in [0.5, 0.6) is 5.75 Å². The van der Waals surface area contributed by atoms with Crippen molar-refractivity contribution in [3.05, 3.63) is 76.3 Å². The van der Waals surface area contributed by atoms with Crippen LogP contribution in [-0.2, 0) is 6.42 Å². The fraction of sp³-hybridized carbons (Fsp3) is 0.379. The van der Waals surface area contributed by atoms with Crippen LogP contribution < -0.4 is 14.5 Å². The average molecular weight is 575 g/mol. The Morgan fingerprint density at radius 1 is 1.10 bits per heavy atom. The molecule has 0 N–H and O–H groups in total. The first kappa shape index (κ1) is 27.9. The SMILES string of the molecule is Cc1cn2c(C(=O)CCc3ccc(N4CCN(c5ccc(OC(F)(F)F)cc5)C(C)(C)C4)c(F)c3)c(C)nc2s1. The Bertz CT molecular complexity index is 1540. The zero-order valence-electron chi connectivity index (χ0n) is 22.7. The number of halogens is 4. The molecule has 0 radical (unpaired) electrons. The highest BCUT2D eigenvalue weighted by molar-refractivity contribution is 7.17. The maximum absolute atomic E-state index is 15.3. The minimum Gasteiger partial charge on any atom is -0.406 e. The van der Waals surface area contributed by atoms with Crippen molar-refractivity contribution in [1.82, 2.24) is 9.38 Å². The largest absolute Gasteiger partial charge is 0.573 e. The molecule has 2 aromatic carbocycles. The minimum atomic E-state index is -4.74. The minimum absolute atomic E-state index is 0.0249. The number of carbonyl (C=O) groups is 1. The molecule has 1 saturated heterocycles. The van der Waals surface area contributed by atoms with E-state index in [1.165, 1.54) is 29.5 Å². The Balaban J connectivity index is 1.23. The maximum atomic E-state index is 15.3. The predicted molar refractivity (Wildman–Crippen MR) is 148 cm³/mol. The third-order valence-electron chi connectivity index (χ3n) is 7.16. The van der Waals surface area contributed by atoms with Gasteiger partial charge in [-0.15, -0.1) is 24.5 Å². The monoisotopic (exact) mass is 574 g/mol. The lowest BCUT2D eigenvalue weighted by Gasteiger charge is -2.49. The second kappa shape index (κ2) is 10.4. The summed E-state index contributed by atoms with van der Waals surface area (Å²) in [7, 11) is 0.